The second kappa shape index (κ2) is 5.45. The first-order chi connectivity index (χ1) is 8.99. The van der Waals surface area contributed by atoms with Crippen LogP contribution in [-0.2, 0) is 0 Å². The van der Waals surface area contributed by atoms with Gasteiger partial charge in [0.15, 0.2) is 0 Å². The predicted molar refractivity (Wildman–Crippen MR) is 84.4 cm³/mol. The third-order valence-corrected chi connectivity index (χ3v) is 3.49. The Labute approximate surface area is 121 Å². The van der Waals surface area contributed by atoms with Gasteiger partial charge < -0.3 is 10.6 Å². The zero-order valence-corrected chi connectivity index (χ0v) is 12.5. The third kappa shape index (κ3) is 2.96. The molecular formula is C15H16BrN3. The molecular weight excluding hydrogens is 302 g/mol. The van der Waals surface area contributed by atoms with Crippen molar-refractivity contribution in [1.29, 1.82) is 5.41 Å². The SMILES string of the molecule is Cc1cccc(N(C)c2cc(Br)ccc2C(=N)N)c1. The van der Waals surface area contributed by atoms with Crippen LogP contribution in [0.2, 0.25) is 0 Å². The first kappa shape index (κ1) is 13.6. The second-order valence-electron chi connectivity index (χ2n) is 4.47. The minimum atomic E-state index is 0.0713. The fourth-order valence-electron chi connectivity index (χ4n) is 1.99. The average Bonchev–Trinajstić information content (AvgIpc) is 2.37. The van der Waals surface area contributed by atoms with Gasteiger partial charge in [-0.15, -0.1) is 0 Å². The maximum atomic E-state index is 7.68. The monoisotopic (exact) mass is 317 g/mol. The first-order valence-corrected chi connectivity index (χ1v) is 6.72. The lowest BCUT2D eigenvalue weighted by atomic mass is 10.1. The van der Waals surface area contributed by atoms with Crippen molar-refractivity contribution in [3.63, 3.8) is 0 Å². The Morgan fingerprint density at radius 1 is 1.21 bits per heavy atom. The maximum absolute atomic E-state index is 7.68. The summed E-state index contributed by atoms with van der Waals surface area (Å²) in [4.78, 5) is 2.04. The smallest absolute Gasteiger partial charge is 0.124 e. The van der Waals surface area contributed by atoms with Gasteiger partial charge in [-0.25, -0.2) is 0 Å². The predicted octanol–water partition coefficient (Wildman–Crippen LogP) is 3.81. The van der Waals surface area contributed by atoms with Crippen molar-refractivity contribution in [2.45, 2.75) is 6.92 Å². The molecule has 0 aromatic heterocycles. The van der Waals surface area contributed by atoms with E-state index in [9.17, 15) is 0 Å². The van der Waals surface area contributed by atoms with Gasteiger partial charge in [0, 0.05) is 22.8 Å². The molecule has 2 aromatic carbocycles. The van der Waals surface area contributed by atoms with E-state index in [2.05, 4.69) is 35.0 Å². The molecule has 19 heavy (non-hydrogen) atoms. The molecule has 0 amide bonds. The summed E-state index contributed by atoms with van der Waals surface area (Å²) in [5.74, 6) is 0.0713. The fourth-order valence-corrected chi connectivity index (χ4v) is 2.33. The van der Waals surface area contributed by atoms with Crippen LogP contribution in [0, 0.1) is 12.3 Å². The van der Waals surface area contributed by atoms with E-state index in [1.807, 2.05) is 42.3 Å². The standard InChI is InChI=1S/C15H16BrN3/c1-10-4-3-5-12(8-10)19(2)14-9-11(16)6-7-13(14)15(17)18/h3-9H,1-2H3,(H3,17,18). The number of anilines is 2. The molecule has 0 aliphatic rings. The molecule has 0 aliphatic carbocycles. The molecule has 98 valence electrons. The lowest BCUT2D eigenvalue weighted by Gasteiger charge is -2.23. The van der Waals surface area contributed by atoms with Gasteiger partial charge in [0.2, 0.25) is 0 Å². The van der Waals surface area contributed by atoms with E-state index in [0.717, 1.165) is 21.4 Å². The van der Waals surface area contributed by atoms with Crippen LogP contribution in [0.15, 0.2) is 46.9 Å². The Kier molecular flexibility index (Phi) is 3.90. The first-order valence-electron chi connectivity index (χ1n) is 5.93. The number of hydrogen-bond donors (Lipinski definition) is 2. The van der Waals surface area contributed by atoms with Crippen molar-refractivity contribution in [2.75, 3.05) is 11.9 Å². The fraction of sp³-hybridized carbons (Fsp3) is 0.133. The number of halogens is 1. The molecule has 0 aliphatic heterocycles. The summed E-state index contributed by atoms with van der Waals surface area (Å²) in [5, 5.41) is 7.68. The normalized spacial score (nSPS) is 10.3. The van der Waals surface area contributed by atoms with E-state index in [4.69, 9.17) is 11.1 Å². The molecule has 0 saturated carbocycles. The average molecular weight is 318 g/mol. The zero-order valence-electron chi connectivity index (χ0n) is 10.9. The summed E-state index contributed by atoms with van der Waals surface area (Å²) in [7, 11) is 1.98. The molecule has 0 atom stereocenters. The van der Waals surface area contributed by atoms with Crippen LogP contribution < -0.4 is 10.6 Å². The minimum Gasteiger partial charge on any atom is -0.384 e. The number of nitrogen functional groups attached to an aromatic ring is 1. The van der Waals surface area contributed by atoms with Gasteiger partial charge in [-0.1, -0.05) is 28.1 Å². The van der Waals surface area contributed by atoms with E-state index in [0.29, 0.717) is 0 Å². The molecule has 0 spiro atoms. The molecule has 0 bridgehead atoms. The summed E-state index contributed by atoms with van der Waals surface area (Å²) in [5.41, 5.74) is 9.56. The summed E-state index contributed by atoms with van der Waals surface area (Å²) < 4.78 is 0.965. The highest BCUT2D eigenvalue weighted by molar-refractivity contribution is 9.10. The minimum absolute atomic E-state index is 0.0713. The summed E-state index contributed by atoms with van der Waals surface area (Å²) in [6, 6.07) is 13.9. The quantitative estimate of drug-likeness (QED) is 0.668. The summed E-state index contributed by atoms with van der Waals surface area (Å²) in [6.45, 7) is 2.06. The molecule has 3 nitrogen and oxygen atoms in total. The second-order valence-corrected chi connectivity index (χ2v) is 5.39. The van der Waals surface area contributed by atoms with Crippen molar-refractivity contribution in [2.24, 2.45) is 5.73 Å². The van der Waals surface area contributed by atoms with Gasteiger partial charge >= 0.3 is 0 Å². The molecule has 0 radical (unpaired) electrons. The van der Waals surface area contributed by atoms with Crippen molar-refractivity contribution >= 4 is 33.1 Å². The number of benzene rings is 2. The van der Waals surface area contributed by atoms with Gasteiger partial charge in [-0.3, -0.25) is 5.41 Å². The largest absolute Gasteiger partial charge is 0.384 e. The van der Waals surface area contributed by atoms with Crippen LogP contribution in [0.5, 0.6) is 0 Å². The zero-order chi connectivity index (χ0) is 14.0. The molecule has 4 heteroatoms. The van der Waals surface area contributed by atoms with Gasteiger partial charge in [0.25, 0.3) is 0 Å². The van der Waals surface area contributed by atoms with Crippen LogP contribution >= 0.6 is 15.9 Å². The van der Waals surface area contributed by atoms with Crippen molar-refractivity contribution in [1.82, 2.24) is 0 Å². The lowest BCUT2D eigenvalue weighted by molar-refractivity contribution is 1.19. The Hall–Kier alpha value is -1.81. The topological polar surface area (TPSA) is 53.1 Å². The van der Waals surface area contributed by atoms with Crippen LogP contribution in [0.3, 0.4) is 0 Å². The highest BCUT2D eigenvalue weighted by atomic mass is 79.9. The van der Waals surface area contributed by atoms with E-state index < -0.39 is 0 Å². The Morgan fingerprint density at radius 2 is 1.95 bits per heavy atom. The summed E-state index contributed by atoms with van der Waals surface area (Å²) >= 11 is 3.46. The number of aryl methyl sites for hydroxylation is 1. The molecule has 3 N–H and O–H groups in total. The highest BCUT2D eigenvalue weighted by Crippen LogP contribution is 2.30. The maximum Gasteiger partial charge on any atom is 0.124 e. The molecule has 2 rings (SSSR count). The van der Waals surface area contributed by atoms with Crippen molar-refractivity contribution in [3.05, 3.63) is 58.1 Å². The molecule has 0 unspecified atom stereocenters. The molecule has 2 aromatic rings. The van der Waals surface area contributed by atoms with Crippen molar-refractivity contribution in [3.8, 4) is 0 Å². The Balaban J connectivity index is 2.51. The number of nitrogens with one attached hydrogen (secondary N) is 1. The van der Waals surface area contributed by atoms with Crippen molar-refractivity contribution < 1.29 is 0 Å². The molecule has 0 saturated heterocycles. The van der Waals surface area contributed by atoms with Crippen LogP contribution in [0.4, 0.5) is 11.4 Å². The Morgan fingerprint density at radius 3 is 2.58 bits per heavy atom. The van der Waals surface area contributed by atoms with Crippen LogP contribution in [0.1, 0.15) is 11.1 Å². The van der Waals surface area contributed by atoms with Gasteiger partial charge in [0.05, 0.1) is 5.69 Å². The number of nitrogens with two attached hydrogens (primary N) is 1. The van der Waals surface area contributed by atoms with Crippen LogP contribution in [0.25, 0.3) is 0 Å². The number of nitrogens with zero attached hydrogens (tertiary/aromatic N) is 1. The Bertz CT molecular complexity index is 623. The van der Waals surface area contributed by atoms with Crippen LogP contribution in [-0.4, -0.2) is 12.9 Å². The van der Waals surface area contributed by atoms with E-state index in [1.165, 1.54) is 5.56 Å². The number of amidine groups is 1. The van der Waals surface area contributed by atoms with Gasteiger partial charge in [-0.05, 0) is 42.8 Å². The summed E-state index contributed by atoms with van der Waals surface area (Å²) in [6.07, 6.45) is 0. The van der Waals surface area contributed by atoms with E-state index in [-0.39, 0.29) is 5.84 Å². The number of rotatable bonds is 3. The van der Waals surface area contributed by atoms with E-state index in [1.54, 1.807) is 0 Å². The van der Waals surface area contributed by atoms with Gasteiger partial charge in [0.1, 0.15) is 5.84 Å². The third-order valence-electron chi connectivity index (χ3n) is 3.00. The highest BCUT2D eigenvalue weighted by Gasteiger charge is 2.12. The lowest BCUT2D eigenvalue weighted by Crippen LogP contribution is -2.18. The molecule has 0 fully saturated rings. The van der Waals surface area contributed by atoms with Gasteiger partial charge in [-0.2, -0.15) is 0 Å². The number of hydrogen-bond acceptors (Lipinski definition) is 2. The molecule has 0 heterocycles. The van der Waals surface area contributed by atoms with E-state index >= 15 is 0 Å².